The molecule has 0 aliphatic rings. The Bertz CT molecular complexity index is 1400. The molecule has 0 radical (unpaired) electrons. The minimum atomic E-state index is -0.305. The van der Waals surface area contributed by atoms with Gasteiger partial charge in [0, 0.05) is 55.1 Å². The monoisotopic (exact) mass is 487 g/mol. The smallest absolute Gasteiger partial charge is 0.255 e. The van der Waals surface area contributed by atoms with Crippen LogP contribution in [0.5, 0.6) is 5.75 Å². The highest BCUT2D eigenvalue weighted by Gasteiger charge is 2.18. The molecule has 2 amide bonds. The molecule has 0 bridgehead atoms. The molecule has 2 aromatic carbocycles. The number of anilines is 1. The highest BCUT2D eigenvalue weighted by Crippen LogP contribution is 2.36. The molecule has 0 spiro atoms. The molecule has 0 aliphatic heterocycles. The first-order valence-corrected chi connectivity index (χ1v) is 11.5. The molecule has 36 heavy (non-hydrogen) atoms. The summed E-state index contributed by atoms with van der Waals surface area (Å²) in [5, 5.41) is 15.4. The van der Waals surface area contributed by atoms with Gasteiger partial charge in [0.25, 0.3) is 5.91 Å². The Kier molecular flexibility index (Phi) is 7.62. The first-order valence-electron chi connectivity index (χ1n) is 11.5. The lowest BCUT2D eigenvalue weighted by molar-refractivity contribution is -0.115. The molecule has 0 fully saturated rings. The molecule has 9 heteroatoms. The van der Waals surface area contributed by atoms with Crippen molar-refractivity contribution in [2.75, 3.05) is 46.2 Å². The highest BCUT2D eigenvalue weighted by molar-refractivity contribution is 6.05. The van der Waals surface area contributed by atoms with Crippen LogP contribution < -0.4 is 15.4 Å². The number of pyridine rings is 1. The number of nitrogens with one attached hydrogen (secondary N) is 3. The van der Waals surface area contributed by atoms with Crippen LogP contribution in [0.15, 0.2) is 60.9 Å². The Labute approximate surface area is 209 Å². The van der Waals surface area contributed by atoms with Crippen molar-refractivity contribution in [3.8, 4) is 28.0 Å². The summed E-state index contributed by atoms with van der Waals surface area (Å²) >= 11 is 0. The van der Waals surface area contributed by atoms with E-state index >= 15 is 0 Å². The number of aromatic nitrogens is 2. The maximum absolute atomic E-state index is 13.0. The van der Waals surface area contributed by atoms with E-state index in [1.807, 2.05) is 42.6 Å². The standard InChI is InChI=1S/C27H29N5O4/c1-32(2)27(35)21-12-17(8-9-23(21)31-25(34)16-28-10-11-33)18-13-20-22(15-30-26(20)29-14-18)19-6-4-5-7-24(19)36-3/h4-9,12-15,28,33H,10-11,16H2,1-3H3,(H,29,30)(H,31,34). The molecule has 0 atom stereocenters. The summed E-state index contributed by atoms with van der Waals surface area (Å²) in [6.07, 6.45) is 3.66. The molecule has 2 aromatic heterocycles. The lowest BCUT2D eigenvalue weighted by Crippen LogP contribution is -2.31. The minimum Gasteiger partial charge on any atom is -0.496 e. The second kappa shape index (κ2) is 11.0. The number of methoxy groups -OCH3 is 1. The number of ether oxygens (including phenoxy) is 1. The van der Waals surface area contributed by atoms with Crippen LogP contribution in [0.25, 0.3) is 33.3 Å². The molecule has 9 nitrogen and oxygen atoms in total. The quantitative estimate of drug-likeness (QED) is 0.269. The van der Waals surface area contributed by atoms with Gasteiger partial charge in [-0.25, -0.2) is 4.98 Å². The summed E-state index contributed by atoms with van der Waals surface area (Å²) < 4.78 is 5.55. The molecule has 4 N–H and O–H groups in total. The first-order chi connectivity index (χ1) is 17.4. The van der Waals surface area contributed by atoms with Crippen LogP contribution in [-0.2, 0) is 4.79 Å². The second-order valence-electron chi connectivity index (χ2n) is 8.43. The summed E-state index contributed by atoms with van der Waals surface area (Å²) in [5.41, 5.74) is 5.04. The van der Waals surface area contributed by atoms with E-state index in [0.29, 0.717) is 17.8 Å². The van der Waals surface area contributed by atoms with Gasteiger partial charge in [-0.15, -0.1) is 0 Å². The van der Waals surface area contributed by atoms with Gasteiger partial charge in [0.2, 0.25) is 5.91 Å². The van der Waals surface area contributed by atoms with E-state index in [4.69, 9.17) is 9.84 Å². The Morgan fingerprint density at radius 2 is 1.89 bits per heavy atom. The third-order valence-electron chi connectivity index (χ3n) is 5.77. The molecule has 4 rings (SSSR count). The number of aliphatic hydroxyl groups excluding tert-OH is 1. The number of nitrogens with zero attached hydrogens (tertiary/aromatic N) is 2. The van der Waals surface area contributed by atoms with Crippen molar-refractivity contribution in [3.63, 3.8) is 0 Å². The number of hydrogen-bond donors (Lipinski definition) is 4. The zero-order valence-corrected chi connectivity index (χ0v) is 20.5. The normalized spacial score (nSPS) is 10.9. The van der Waals surface area contributed by atoms with Gasteiger partial charge in [0.1, 0.15) is 11.4 Å². The van der Waals surface area contributed by atoms with Crippen LogP contribution in [0.4, 0.5) is 5.69 Å². The molecule has 4 aromatic rings. The number of benzene rings is 2. The van der Waals surface area contributed by atoms with E-state index in [1.54, 1.807) is 39.5 Å². The second-order valence-corrected chi connectivity index (χ2v) is 8.43. The molecule has 2 heterocycles. The number of aromatic amines is 1. The van der Waals surface area contributed by atoms with Crippen molar-refractivity contribution in [1.82, 2.24) is 20.2 Å². The molecular weight excluding hydrogens is 458 g/mol. The van der Waals surface area contributed by atoms with Crippen molar-refractivity contribution in [2.45, 2.75) is 0 Å². The number of H-pyrrole nitrogens is 1. The van der Waals surface area contributed by atoms with E-state index in [2.05, 4.69) is 20.6 Å². The van der Waals surface area contributed by atoms with E-state index in [1.165, 1.54) is 4.90 Å². The van der Waals surface area contributed by atoms with Crippen LogP contribution in [-0.4, -0.2) is 72.7 Å². The van der Waals surface area contributed by atoms with Crippen LogP contribution in [0.2, 0.25) is 0 Å². The lowest BCUT2D eigenvalue weighted by atomic mass is 9.99. The zero-order valence-electron chi connectivity index (χ0n) is 20.5. The largest absolute Gasteiger partial charge is 0.496 e. The summed E-state index contributed by atoms with van der Waals surface area (Å²) in [7, 11) is 4.97. The first kappa shape index (κ1) is 24.9. The topological polar surface area (TPSA) is 120 Å². The number of fused-ring (bicyclic) bond motifs is 1. The van der Waals surface area contributed by atoms with E-state index in [0.717, 1.165) is 39.0 Å². The van der Waals surface area contributed by atoms with Gasteiger partial charge in [0.15, 0.2) is 0 Å². The number of amides is 2. The summed E-state index contributed by atoms with van der Waals surface area (Å²) in [5.74, 6) is 0.220. The molecule has 0 aliphatic carbocycles. The van der Waals surface area contributed by atoms with Crippen LogP contribution in [0, 0.1) is 0 Å². The summed E-state index contributed by atoms with van der Waals surface area (Å²) in [6, 6.07) is 15.1. The van der Waals surface area contributed by atoms with Gasteiger partial charge in [0.05, 0.1) is 31.5 Å². The SMILES string of the molecule is COc1ccccc1-c1c[nH]c2ncc(-c3ccc(NC(=O)CNCCO)c(C(=O)N(C)C)c3)cc12. The van der Waals surface area contributed by atoms with Crippen LogP contribution in [0.1, 0.15) is 10.4 Å². The van der Waals surface area contributed by atoms with Gasteiger partial charge in [-0.3, -0.25) is 9.59 Å². The average molecular weight is 488 g/mol. The third kappa shape index (κ3) is 5.22. The molecule has 0 unspecified atom stereocenters. The van der Waals surface area contributed by atoms with Crippen molar-refractivity contribution >= 4 is 28.5 Å². The van der Waals surface area contributed by atoms with Gasteiger partial charge in [-0.2, -0.15) is 0 Å². The Morgan fingerprint density at radius 3 is 2.64 bits per heavy atom. The Hall–Kier alpha value is -4.21. The van der Waals surface area contributed by atoms with Gasteiger partial charge in [-0.1, -0.05) is 24.3 Å². The van der Waals surface area contributed by atoms with Crippen molar-refractivity contribution in [3.05, 3.63) is 66.5 Å². The lowest BCUT2D eigenvalue weighted by Gasteiger charge is -2.16. The van der Waals surface area contributed by atoms with Crippen molar-refractivity contribution in [1.29, 1.82) is 0 Å². The summed E-state index contributed by atoms with van der Waals surface area (Å²) in [6.45, 7) is 0.268. The average Bonchev–Trinajstić information content (AvgIpc) is 3.31. The minimum absolute atomic E-state index is 0.0255. The molecule has 0 saturated carbocycles. The number of rotatable bonds is 9. The van der Waals surface area contributed by atoms with Gasteiger partial charge in [-0.05, 0) is 29.8 Å². The molecule has 0 saturated heterocycles. The van der Waals surface area contributed by atoms with Crippen LogP contribution in [0.3, 0.4) is 0 Å². The van der Waals surface area contributed by atoms with Gasteiger partial charge >= 0.3 is 0 Å². The predicted molar refractivity (Wildman–Crippen MR) is 140 cm³/mol. The third-order valence-corrected chi connectivity index (χ3v) is 5.77. The fraction of sp³-hybridized carbons (Fsp3) is 0.222. The van der Waals surface area contributed by atoms with Crippen LogP contribution >= 0.6 is 0 Å². The maximum Gasteiger partial charge on any atom is 0.255 e. The molecule has 186 valence electrons. The van der Waals surface area contributed by atoms with E-state index < -0.39 is 0 Å². The highest BCUT2D eigenvalue weighted by atomic mass is 16.5. The number of hydrogen-bond acceptors (Lipinski definition) is 6. The summed E-state index contributed by atoms with van der Waals surface area (Å²) in [4.78, 5) is 34.6. The predicted octanol–water partition coefficient (Wildman–Crippen LogP) is 3.13. The van der Waals surface area contributed by atoms with Crippen molar-refractivity contribution < 1.29 is 19.4 Å². The number of carbonyl (C=O) groups is 2. The number of aliphatic hydroxyl groups is 1. The number of para-hydroxylation sites is 1. The van der Waals surface area contributed by atoms with Crippen molar-refractivity contribution in [2.24, 2.45) is 0 Å². The fourth-order valence-corrected chi connectivity index (χ4v) is 3.98. The fourth-order valence-electron chi connectivity index (χ4n) is 3.98. The zero-order chi connectivity index (χ0) is 25.7. The van der Waals surface area contributed by atoms with E-state index in [-0.39, 0.29) is 25.0 Å². The Morgan fingerprint density at radius 1 is 1.08 bits per heavy atom. The molecular formula is C27H29N5O4. The Balaban J connectivity index is 1.73. The van der Waals surface area contributed by atoms with E-state index in [9.17, 15) is 9.59 Å². The maximum atomic E-state index is 13.0. The van der Waals surface area contributed by atoms with Gasteiger partial charge < -0.3 is 30.4 Å². The number of carbonyl (C=O) groups excluding carboxylic acids is 2.